The number of carbonyl (C=O) groups excluding carboxylic acids is 3. The Labute approximate surface area is 128 Å². The molecule has 1 fully saturated rings. The van der Waals surface area contributed by atoms with Gasteiger partial charge in [-0.05, 0) is 13.0 Å². The maximum Gasteiger partial charge on any atom is 0.325 e. The van der Waals surface area contributed by atoms with Crippen molar-refractivity contribution in [1.82, 2.24) is 10.2 Å². The van der Waals surface area contributed by atoms with E-state index in [2.05, 4.69) is 5.32 Å². The lowest BCUT2D eigenvalue weighted by Crippen LogP contribution is -2.43. The number of benzene rings is 1. The van der Waals surface area contributed by atoms with Crippen molar-refractivity contribution in [2.75, 3.05) is 6.54 Å². The molecule has 118 valence electrons. The van der Waals surface area contributed by atoms with Crippen LogP contribution in [0.5, 0.6) is 0 Å². The fourth-order valence-corrected chi connectivity index (χ4v) is 2.27. The molecule has 0 unspecified atom stereocenters. The van der Waals surface area contributed by atoms with Crippen LogP contribution in [0.1, 0.15) is 33.3 Å². The van der Waals surface area contributed by atoms with Crippen molar-refractivity contribution in [1.29, 1.82) is 0 Å². The van der Waals surface area contributed by atoms with Crippen LogP contribution in [0.25, 0.3) is 0 Å². The number of halogens is 1. The van der Waals surface area contributed by atoms with Crippen molar-refractivity contribution in [3.63, 3.8) is 0 Å². The van der Waals surface area contributed by atoms with Crippen molar-refractivity contribution in [3.8, 4) is 0 Å². The molecule has 1 aromatic carbocycles. The van der Waals surface area contributed by atoms with Crippen LogP contribution in [-0.4, -0.2) is 29.2 Å². The van der Waals surface area contributed by atoms with Crippen LogP contribution in [0, 0.1) is 11.2 Å². The minimum absolute atomic E-state index is 0.0825. The smallest absolute Gasteiger partial charge is 0.319 e. The topological polar surface area (TPSA) is 66.5 Å². The highest BCUT2D eigenvalue weighted by molar-refractivity contribution is 6.09. The van der Waals surface area contributed by atoms with Crippen molar-refractivity contribution < 1.29 is 18.8 Å². The number of hydrogen-bond donors (Lipinski definition) is 1. The first-order valence-electron chi connectivity index (χ1n) is 7.00. The second-order valence-corrected chi connectivity index (χ2v) is 6.60. The van der Waals surface area contributed by atoms with Crippen LogP contribution in [0.15, 0.2) is 24.3 Å². The Morgan fingerprint density at radius 2 is 1.86 bits per heavy atom. The molecule has 6 heteroatoms. The fraction of sp³-hybridized carbons (Fsp3) is 0.438. The van der Waals surface area contributed by atoms with E-state index in [0.717, 1.165) is 4.90 Å². The summed E-state index contributed by atoms with van der Waals surface area (Å²) in [5, 5.41) is 2.49. The molecule has 1 heterocycles. The van der Waals surface area contributed by atoms with Gasteiger partial charge in [0, 0.05) is 11.0 Å². The van der Waals surface area contributed by atoms with Gasteiger partial charge < -0.3 is 5.32 Å². The first-order chi connectivity index (χ1) is 10.1. The molecule has 0 spiro atoms. The quantitative estimate of drug-likeness (QED) is 0.871. The Hall–Kier alpha value is -2.24. The van der Waals surface area contributed by atoms with E-state index >= 15 is 0 Å². The van der Waals surface area contributed by atoms with Gasteiger partial charge in [0.05, 0.1) is 6.54 Å². The van der Waals surface area contributed by atoms with Crippen LogP contribution >= 0.6 is 0 Å². The Morgan fingerprint density at radius 1 is 1.27 bits per heavy atom. The zero-order chi connectivity index (χ0) is 16.7. The summed E-state index contributed by atoms with van der Waals surface area (Å²) in [6.45, 7) is 6.25. The summed E-state index contributed by atoms with van der Waals surface area (Å²) in [5.74, 6) is -1.45. The Kier molecular flexibility index (Phi) is 3.81. The Morgan fingerprint density at radius 3 is 2.41 bits per heavy atom. The predicted molar refractivity (Wildman–Crippen MR) is 78.5 cm³/mol. The Bertz CT molecular complexity index is 651. The fourth-order valence-electron chi connectivity index (χ4n) is 2.27. The lowest BCUT2D eigenvalue weighted by atomic mass is 9.89. The molecular weight excluding hydrogens is 287 g/mol. The molecule has 0 radical (unpaired) electrons. The molecule has 22 heavy (non-hydrogen) atoms. The van der Waals surface area contributed by atoms with Crippen LogP contribution in [0.3, 0.4) is 0 Å². The lowest BCUT2D eigenvalue weighted by molar-refractivity contribution is -0.136. The maximum atomic E-state index is 14.0. The lowest BCUT2D eigenvalue weighted by Gasteiger charge is -2.23. The standard InChI is InChI=1S/C16H19FN2O3/c1-15(2,3)12(20)9-19-13(21)16(4,18-14(19)22)10-7-5-6-8-11(10)17/h5-8H,9H2,1-4H3,(H,18,22)/t16-/m1/s1. The summed E-state index contributed by atoms with van der Waals surface area (Å²) in [5.41, 5.74) is -2.09. The molecule has 1 aliphatic heterocycles. The van der Waals surface area contributed by atoms with E-state index in [1.165, 1.54) is 25.1 Å². The largest absolute Gasteiger partial charge is 0.325 e. The molecule has 3 amide bonds. The number of nitrogens with zero attached hydrogens (tertiary/aromatic N) is 1. The number of imide groups is 1. The summed E-state index contributed by atoms with van der Waals surface area (Å²) in [7, 11) is 0. The van der Waals surface area contributed by atoms with E-state index in [1.807, 2.05) is 0 Å². The van der Waals surface area contributed by atoms with Crippen molar-refractivity contribution >= 4 is 17.7 Å². The summed E-state index contributed by atoms with van der Waals surface area (Å²) in [6.07, 6.45) is 0. The second-order valence-electron chi connectivity index (χ2n) is 6.60. The molecule has 1 N–H and O–H groups in total. The summed E-state index contributed by atoms with van der Waals surface area (Å²) >= 11 is 0. The van der Waals surface area contributed by atoms with Gasteiger partial charge in [-0.25, -0.2) is 9.18 Å². The first kappa shape index (κ1) is 16.1. The number of urea groups is 1. The number of ketones is 1. The van der Waals surface area contributed by atoms with Crippen LogP contribution in [-0.2, 0) is 15.1 Å². The molecule has 1 saturated heterocycles. The third kappa shape index (κ3) is 2.61. The molecular formula is C16H19FN2O3. The van der Waals surface area contributed by atoms with Gasteiger partial charge >= 0.3 is 6.03 Å². The van der Waals surface area contributed by atoms with Crippen molar-refractivity contribution in [2.24, 2.45) is 5.41 Å². The molecule has 1 atom stereocenters. The zero-order valence-corrected chi connectivity index (χ0v) is 13.1. The number of rotatable bonds is 3. The van der Waals surface area contributed by atoms with E-state index in [-0.39, 0.29) is 17.9 Å². The van der Waals surface area contributed by atoms with Gasteiger partial charge in [-0.15, -0.1) is 0 Å². The van der Waals surface area contributed by atoms with Crippen LogP contribution in [0.4, 0.5) is 9.18 Å². The van der Waals surface area contributed by atoms with Crippen LogP contribution in [0.2, 0.25) is 0 Å². The maximum absolute atomic E-state index is 14.0. The number of hydrogen-bond acceptors (Lipinski definition) is 3. The molecule has 1 aromatic rings. The normalized spacial score (nSPS) is 22.0. The van der Waals surface area contributed by atoms with E-state index in [0.29, 0.717) is 0 Å². The third-order valence-corrected chi connectivity index (χ3v) is 3.83. The van der Waals surface area contributed by atoms with Crippen LogP contribution < -0.4 is 5.32 Å². The van der Waals surface area contributed by atoms with E-state index in [9.17, 15) is 18.8 Å². The highest BCUT2D eigenvalue weighted by atomic mass is 19.1. The highest BCUT2D eigenvalue weighted by Gasteiger charge is 2.51. The summed E-state index contributed by atoms with van der Waals surface area (Å²) in [4.78, 5) is 37.6. The molecule has 5 nitrogen and oxygen atoms in total. The van der Waals surface area contributed by atoms with Gasteiger partial charge in [0.1, 0.15) is 11.4 Å². The highest BCUT2D eigenvalue weighted by Crippen LogP contribution is 2.31. The van der Waals surface area contributed by atoms with Gasteiger partial charge in [-0.2, -0.15) is 0 Å². The molecule has 0 bridgehead atoms. The Balaban J connectivity index is 2.33. The SMILES string of the molecule is CC(C)(C)C(=O)CN1C(=O)N[C@](C)(c2ccccc2F)C1=O. The molecule has 0 aliphatic carbocycles. The van der Waals surface area contributed by atoms with Gasteiger partial charge in [0.15, 0.2) is 5.78 Å². The predicted octanol–water partition coefficient (Wildman–Crippen LogP) is 2.21. The van der Waals surface area contributed by atoms with Gasteiger partial charge in [0.25, 0.3) is 5.91 Å². The zero-order valence-electron chi connectivity index (χ0n) is 13.1. The first-order valence-corrected chi connectivity index (χ1v) is 7.00. The van der Waals surface area contributed by atoms with Gasteiger partial charge in [-0.1, -0.05) is 39.0 Å². The van der Waals surface area contributed by atoms with E-state index in [4.69, 9.17) is 0 Å². The summed E-state index contributed by atoms with van der Waals surface area (Å²) < 4.78 is 14.0. The summed E-state index contributed by atoms with van der Waals surface area (Å²) in [6, 6.07) is 5.08. The van der Waals surface area contributed by atoms with E-state index < -0.39 is 28.7 Å². The molecule has 1 aliphatic rings. The number of carbonyl (C=O) groups is 3. The van der Waals surface area contributed by atoms with Crippen molar-refractivity contribution in [2.45, 2.75) is 33.2 Å². The molecule has 0 saturated carbocycles. The van der Waals surface area contributed by atoms with E-state index in [1.54, 1.807) is 26.8 Å². The minimum Gasteiger partial charge on any atom is -0.319 e. The molecule has 2 rings (SSSR count). The average molecular weight is 306 g/mol. The second kappa shape index (κ2) is 5.19. The third-order valence-electron chi connectivity index (χ3n) is 3.83. The van der Waals surface area contributed by atoms with Gasteiger partial charge in [-0.3, -0.25) is 14.5 Å². The average Bonchev–Trinajstić information content (AvgIpc) is 2.62. The monoisotopic (exact) mass is 306 g/mol. The number of amides is 3. The van der Waals surface area contributed by atoms with Gasteiger partial charge in [0.2, 0.25) is 0 Å². The molecule has 0 aromatic heterocycles. The number of nitrogens with one attached hydrogen (secondary N) is 1. The van der Waals surface area contributed by atoms with Crippen molar-refractivity contribution in [3.05, 3.63) is 35.6 Å². The number of Topliss-reactive ketones (excluding diaryl/α,β-unsaturated/α-hetero) is 1. The minimum atomic E-state index is -1.50.